The molecular formula is C24H39NO5Si. The number of carbonyl (C=O) groups excluding carboxylic acids is 2. The van der Waals surface area contributed by atoms with Gasteiger partial charge in [0, 0.05) is 6.42 Å². The van der Waals surface area contributed by atoms with Crippen molar-refractivity contribution in [1.29, 1.82) is 0 Å². The van der Waals surface area contributed by atoms with Crippen LogP contribution in [0.1, 0.15) is 59.9 Å². The number of rotatable bonds is 6. The molecule has 0 bridgehead atoms. The van der Waals surface area contributed by atoms with Crippen LogP contribution >= 0.6 is 0 Å². The molecule has 1 heterocycles. The molecule has 1 saturated heterocycles. The maximum atomic E-state index is 13.0. The Bertz CT molecular complexity index is 751. The van der Waals surface area contributed by atoms with Crippen LogP contribution in [0.3, 0.4) is 0 Å². The molecule has 0 aromatic heterocycles. The maximum absolute atomic E-state index is 13.0. The molecule has 6 nitrogen and oxygen atoms in total. The summed E-state index contributed by atoms with van der Waals surface area (Å²) in [5, 5.41) is 0.0145. The monoisotopic (exact) mass is 449 g/mol. The normalized spacial score (nSPS) is 20.6. The minimum absolute atomic E-state index is 0.0145. The molecule has 0 spiro atoms. The van der Waals surface area contributed by atoms with E-state index in [0.717, 1.165) is 5.56 Å². The number of ether oxygens (including phenoxy) is 2. The molecule has 2 atom stereocenters. The van der Waals surface area contributed by atoms with Gasteiger partial charge in [0.2, 0.25) is 5.91 Å². The average Bonchev–Trinajstić information content (AvgIpc) is 2.62. The van der Waals surface area contributed by atoms with Crippen molar-refractivity contribution in [3.05, 3.63) is 35.9 Å². The third-order valence-corrected chi connectivity index (χ3v) is 10.4. The Balaban J connectivity index is 2.25. The highest BCUT2D eigenvalue weighted by molar-refractivity contribution is 6.74. The van der Waals surface area contributed by atoms with Crippen molar-refractivity contribution < 1.29 is 23.5 Å². The average molecular weight is 450 g/mol. The van der Waals surface area contributed by atoms with Gasteiger partial charge in [-0.1, -0.05) is 51.1 Å². The summed E-state index contributed by atoms with van der Waals surface area (Å²) < 4.78 is 18.2. The second-order valence-electron chi connectivity index (χ2n) is 10.8. The zero-order valence-electron chi connectivity index (χ0n) is 20.4. The highest BCUT2D eigenvalue weighted by Gasteiger charge is 2.47. The molecule has 1 aromatic rings. The molecule has 0 radical (unpaired) electrons. The lowest BCUT2D eigenvalue weighted by molar-refractivity contribution is -0.142. The molecule has 1 aromatic carbocycles. The van der Waals surface area contributed by atoms with Crippen LogP contribution in [0.4, 0.5) is 4.79 Å². The van der Waals surface area contributed by atoms with Crippen molar-refractivity contribution in [3.8, 4) is 0 Å². The van der Waals surface area contributed by atoms with Gasteiger partial charge in [-0.15, -0.1) is 0 Å². The fourth-order valence-corrected chi connectivity index (χ4v) is 4.61. The first-order valence-electron chi connectivity index (χ1n) is 11.1. The largest absolute Gasteiger partial charge is 0.443 e. The van der Waals surface area contributed by atoms with Crippen LogP contribution in [-0.2, 0) is 25.3 Å². The Morgan fingerprint density at radius 3 is 2.26 bits per heavy atom. The van der Waals surface area contributed by atoms with E-state index in [1.165, 1.54) is 4.90 Å². The van der Waals surface area contributed by atoms with Crippen molar-refractivity contribution in [2.75, 3.05) is 6.61 Å². The second-order valence-corrected chi connectivity index (χ2v) is 15.5. The predicted molar refractivity (Wildman–Crippen MR) is 124 cm³/mol. The van der Waals surface area contributed by atoms with E-state index in [-0.39, 0.29) is 30.1 Å². The number of hydrogen-bond donors (Lipinski definition) is 0. The highest BCUT2D eigenvalue weighted by atomic mass is 28.4. The quantitative estimate of drug-likeness (QED) is 0.535. The molecule has 0 saturated carbocycles. The second kappa shape index (κ2) is 9.84. The van der Waals surface area contributed by atoms with Gasteiger partial charge in [-0.2, -0.15) is 0 Å². The van der Waals surface area contributed by atoms with Gasteiger partial charge < -0.3 is 13.9 Å². The summed E-state index contributed by atoms with van der Waals surface area (Å²) in [6.45, 7) is 16.9. The Morgan fingerprint density at radius 1 is 1.10 bits per heavy atom. The van der Waals surface area contributed by atoms with E-state index in [1.54, 1.807) is 20.8 Å². The Hall–Kier alpha value is -1.70. The van der Waals surface area contributed by atoms with E-state index in [4.69, 9.17) is 13.9 Å². The minimum atomic E-state index is -2.12. The Morgan fingerprint density at radius 2 is 1.71 bits per heavy atom. The molecule has 1 aliphatic rings. The van der Waals surface area contributed by atoms with E-state index in [2.05, 4.69) is 33.9 Å². The molecule has 1 aliphatic heterocycles. The van der Waals surface area contributed by atoms with Crippen molar-refractivity contribution >= 4 is 20.3 Å². The van der Waals surface area contributed by atoms with Gasteiger partial charge in [-0.3, -0.25) is 4.79 Å². The van der Waals surface area contributed by atoms with Crippen LogP contribution in [0.2, 0.25) is 18.1 Å². The number of likely N-dealkylation sites (tertiary alicyclic amines) is 1. The number of carbonyl (C=O) groups is 2. The molecule has 174 valence electrons. The summed E-state index contributed by atoms with van der Waals surface area (Å²) in [4.78, 5) is 27.0. The van der Waals surface area contributed by atoms with E-state index in [1.807, 2.05) is 30.3 Å². The van der Waals surface area contributed by atoms with Crippen LogP contribution in [0.15, 0.2) is 30.3 Å². The van der Waals surface area contributed by atoms with Crippen molar-refractivity contribution in [1.82, 2.24) is 4.90 Å². The first kappa shape index (κ1) is 25.6. The number of benzene rings is 1. The fourth-order valence-electron chi connectivity index (χ4n) is 3.22. The Labute approximate surface area is 188 Å². The summed E-state index contributed by atoms with van der Waals surface area (Å²) >= 11 is 0. The molecule has 0 unspecified atom stereocenters. The van der Waals surface area contributed by atoms with Gasteiger partial charge in [0.05, 0.1) is 25.4 Å². The lowest BCUT2D eigenvalue weighted by Crippen LogP contribution is -2.60. The molecule has 0 N–H and O–H groups in total. The zero-order valence-corrected chi connectivity index (χ0v) is 21.4. The van der Waals surface area contributed by atoms with Gasteiger partial charge in [0.1, 0.15) is 5.60 Å². The molecule has 2 amide bonds. The van der Waals surface area contributed by atoms with Gasteiger partial charge in [0.25, 0.3) is 0 Å². The van der Waals surface area contributed by atoms with E-state index < -0.39 is 26.1 Å². The van der Waals surface area contributed by atoms with E-state index >= 15 is 0 Å². The summed E-state index contributed by atoms with van der Waals surface area (Å²) in [5.74, 6) is -0.238. The van der Waals surface area contributed by atoms with Gasteiger partial charge in [-0.05, 0) is 50.9 Å². The summed E-state index contributed by atoms with van der Waals surface area (Å²) in [6, 6.07) is 9.33. The van der Waals surface area contributed by atoms with Gasteiger partial charge in [0.15, 0.2) is 8.32 Å². The third kappa shape index (κ3) is 7.15. The molecule has 2 rings (SSSR count). The van der Waals surface area contributed by atoms with Gasteiger partial charge >= 0.3 is 6.09 Å². The van der Waals surface area contributed by atoms with E-state index in [9.17, 15) is 9.59 Å². The lowest BCUT2D eigenvalue weighted by atomic mass is 9.99. The number of piperidine rings is 1. The number of imide groups is 1. The van der Waals surface area contributed by atoms with Crippen LogP contribution in [0, 0.1) is 0 Å². The summed E-state index contributed by atoms with van der Waals surface area (Å²) in [7, 11) is -2.12. The number of nitrogens with zero attached hydrogens (tertiary/aromatic N) is 1. The van der Waals surface area contributed by atoms with Gasteiger partial charge in [-0.25, -0.2) is 9.69 Å². The summed E-state index contributed by atoms with van der Waals surface area (Å²) in [5.41, 5.74) is 0.343. The van der Waals surface area contributed by atoms with Crippen LogP contribution in [0.5, 0.6) is 0 Å². The van der Waals surface area contributed by atoms with Crippen LogP contribution in [-0.4, -0.2) is 49.6 Å². The molecule has 1 fully saturated rings. The zero-order chi connectivity index (χ0) is 23.4. The standard InChI is InChI=1S/C24H39NO5Si/c1-23(2,3)29-22(27)25-19(17-28-16-18-12-10-9-11-13-18)20(14-15-21(25)26)30-31(7,8)24(4,5)6/h9-13,19-20H,14-17H2,1-8H3/t19-,20+/m0/s1. The number of hydrogen-bond acceptors (Lipinski definition) is 5. The van der Waals surface area contributed by atoms with Crippen LogP contribution in [0.25, 0.3) is 0 Å². The van der Waals surface area contributed by atoms with Crippen molar-refractivity contribution in [2.24, 2.45) is 0 Å². The van der Waals surface area contributed by atoms with E-state index in [0.29, 0.717) is 13.0 Å². The topological polar surface area (TPSA) is 65.1 Å². The predicted octanol–water partition coefficient (Wildman–Crippen LogP) is 5.52. The minimum Gasteiger partial charge on any atom is -0.443 e. The first-order valence-corrected chi connectivity index (χ1v) is 14.0. The lowest BCUT2D eigenvalue weighted by Gasteiger charge is -2.45. The van der Waals surface area contributed by atoms with Crippen molar-refractivity contribution in [2.45, 2.75) is 96.9 Å². The third-order valence-electron chi connectivity index (χ3n) is 5.91. The molecule has 7 heteroatoms. The molecular weight excluding hydrogens is 410 g/mol. The SMILES string of the molecule is CC(C)(C)OC(=O)N1C(=O)CC[C@@H](O[Si](C)(C)C(C)(C)C)[C@@H]1COCc1ccccc1. The first-order chi connectivity index (χ1) is 14.2. The highest BCUT2D eigenvalue weighted by Crippen LogP contribution is 2.39. The Kier molecular flexibility index (Phi) is 8.11. The summed E-state index contributed by atoms with van der Waals surface area (Å²) in [6.07, 6.45) is -0.0752. The molecule has 31 heavy (non-hydrogen) atoms. The molecule has 0 aliphatic carbocycles. The fraction of sp³-hybridized carbons (Fsp3) is 0.667. The van der Waals surface area contributed by atoms with Crippen LogP contribution < -0.4 is 0 Å². The number of amides is 2. The van der Waals surface area contributed by atoms with Crippen molar-refractivity contribution in [3.63, 3.8) is 0 Å². The smallest absolute Gasteiger partial charge is 0.417 e. The maximum Gasteiger partial charge on any atom is 0.417 e.